The smallest absolute Gasteiger partial charge is 0.235 e. The lowest BCUT2D eigenvalue weighted by Crippen LogP contribution is -2.45. The highest BCUT2D eigenvalue weighted by molar-refractivity contribution is 6.05. The van der Waals surface area contributed by atoms with Gasteiger partial charge in [0.05, 0.1) is 25.2 Å². The molecule has 150 valence electrons. The van der Waals surface area contributed by atoms with Crippen LogP contribution in [-0.2, 0) is 14.3 Å². The van der Waals surface area contributed by atoms with Crippen LogP contribution in [0.2, 0.25) is 0 Å². The van der Waals surface area contributed by atoms with Gasteiger partial charge in [0.1, 0.15) is 5.75 Å². The molecule has 0 saturated carbocycles. The Labute approximate surface area is 170 Å². The van der Waals surface area contributed by atoms with Crippen molar-refractivity contribution in [2.75, 3.05) is 25.1 Å². The molecule has 1 amide bonds. The van der Waals surface area contributed by atoms with Gasteiger partial charge >= 0.3 is 0 Å². The molecule has 1 fully saturated rings. The lowest BCUT2D eigenvalue weighted by atomic mass is 9.90. The van der Waals surface area contributed by atoms with Crippen molar-refractivity contribution in [1.82, 2.24) is 0 Å². The van der Waals surface area contributed by atoms with Gasteiger partial charge in [-0.1, -0.05) is 54.6 Å². The average molecular weight is 391 g/mol. The molecule has 1 aliphatic rings. The molecule has 0 radical (unpaired) electrons. The van der Waals surface area contributed by atoms with Gasteiger partial charge in [-0.2, -0.15) is 0 Å². The highest BCUT2D eigenvalue weighted by atomic mass is 16.7. The first-order valence-corrected chi connectivity index (χ1v) is 9.85. The first-order valence-electron chi connectivity index (χ1n) is 9.85. The largest absolute Gasteiger partial charge is 0.493 e. The molecule has 4 rings (SSSR count). The summed E-state index contributed by atoms with van der Waals surface area (Å²) in [6.45, 7) is 4.98. The van der Waals surface area contributed by atoms with E-state index in [-0.39, 0.29) is 19.1 Å². The third-order valence-corrected chi connectivity index (χ3v) is 5.16. The number of carbonyl (C=O) groups excluding carboxylic acids is 1. The maximum absolute atomic E-state index is 13.1. The summed E-state index contributed by atoms with van der Waals surface area (Å²) in [5.74, 6) is 0.681. The van der Waals surface area contributed by atoms with Gasteiger partial charge in [-0.05, 0) is 26.0 Å². The molecular formula is C24H25NO4. The third-order valence-electron chi connectivity index (χ3n) is 5.16. The summed E-state index contributed by atoms with van der Waals surface area (Å²) in [5, 5.41) is 4.97. The number of hydrogen-bond acceptors (Lipinski definition) is 4. The minimum atomic E-state index is -0.773. The van der Waals surface area contributed by atoms with E-state index in [0.29, 0.717) is 6.61 Å². The van der Waals surface area contributed by atoms with Crippen LogP contribution >= 0.6 is 0 Å². The van der Waals surface area contributed by atoms with E-state index in [2.05, 4.69) is 5.32 Å². The van der Waals surface area contributed by atoms with Crippen molar-refractivity contribution in [3.63, 3.8) is 0 Å². The summed E-state index contributed by atoms with van der Waals surface area (Å²) in [6, 6.07) is 21.4. The second kappa shape index (κ2) is 8.23. The van der Waals surface area contributed by atoms with Crippen LogP contribution in [0.25, 0.3) is 10.8 Å². The van der Waals surface area contributed by atoms with Gasteiger partial charge < -0.3 is 19.5 Å². The second-order valence-corrected chi connectivity index (χ2v) is 7.47. The summed E-state index contributed by atoms with van der Waals surface area (Å²) in [6.07, 6.45) is -0.441. The first-order chi connectivity index (χ1) is 14.1. The minimum absolute atomic E-state index is 0.127. The third kappa shape index (κ3) is 3.97. The highest BCUT2D eigenvalue weighted by Gasteiger charge is 2.40. The minimum Gasteiger partial charge on any atom is -0.493 e. The Morgan fingerprint density at radius 1 is 1.00 bits per heavy atom. The number of rotatable bonds is 5. The predicted octanol–water partition coefficient (Wildman–Crippen LogP) is 4.93. The zero-order valence-corrected chi connectivity index (χ0v) is 16.7. The molecule has 5 nitrogen and oxygen atoms in total. The number of anilines is 1. The van der Waals surface area contributed by atoms with Gasteiger partial charge in [-0.3, -0.25) is 4.79 Å². The van der Waals surface area contributed by atoms with E-state index in [4.69, 9.17) is 14.2 Å². The number of amides is 1. The number of hydrogen-bond donors (Lipinski definition) is 1. The topological polar surface area (TPSA) is 56.8 Å². The molecule has 1 heterocycles. The van der Waals surface area contributed by atoms with Crippen LogP contribution in [0.4, 0.5) is 5.69 Å². The van der Waals surface area contributed by atoms with E-state index in [1.165, 1.54) is 0 Å². The fourth-order valence-corrected chi connectivity index (χ4v) is 3.48. The standard InChI is InChI=1S/C24H25NO4/c1-3-27-21-14-13-20(18-11-7-8-12-19(18)21)25-23(26)24(2)15-28-22(29-16-24)17-9-5-4-6-10-17/h4-14,22H,3,15-16H2,1-2H3,(H,25,26). The number of benzene rings is 3. The van der Waals surface area contributed by atoms with Crippen LogP contribution in [0.5, 0.6) is 5.75 Å². The number of fused-ring (bicyclic) bond motifs is 1. The van der Waals surface area contributed by atoms with E-state index >= 15 is 0 Å². The van der Waals surface area contributed by atoms with E-state index in [1.54, 1.807) is 0 Å². The summed E-state index contributed by atoms with van der Waals surface area (Å²) >= 11 is 0. The number of carbonyl (C=O) groups is 1. The lowest BCUT2D eigenvalue weighted by molar-refractivity contribution is -0.226. The molecule has 1 aliphatic heterocycles. The van der Waals surface area contributed by atoms with Gasteiger partial charge in [0.25, 0.3) is 0 Å². The number of ether oxygens (including phenoxy) is 3. The van der Waals surface area contributed by atoms with Crippen LogP contribution in [0, 0.1) is 5.41 Å². The quantitative estimate of drug-likeness (QED) is 0.670. The molecule has 0 bridgehead atoms. The van der Waals surface area contributed by atoms with Crippen molar-refractivity contribution in [3.05, 3.63) is 72.3 Å². The summed E-state index contributed by atoms with van der Waals surface area (Å²) in [4.78, 5) is 13.1. The molecule has 0 spiro atoms. The Balaban J connectivity index is 1.50. The van der Waals surface area contributed by atoms with Gasteiger partial charge in [0.2, 0.25) is 5.91 Å². The van der Waals surface area contributed by atoms with E-state index in [9.17, 15) is 4.79 Å². The molecule has 1 N–H and O–H groups in total. The van der Waals surface area contributed by atoms with Gasteiger partial charge in [-0.25, -0.2) is 0 Å². The fraction of sp³-hybridized carbons (Fsp3) is 0.292. The SMILES string of the molecule is CCOc1ccc(NC(=O)C2(C)COC(c3ccccc3)OC2)c2ccccc12. The zero-order valence-electron chi connectivity index (χ0n) is 16.7. The van der Waals surface area contributed by atoms with Crippen LogP contribution < -0.4 is 10.1 Å². The van der Waals surface area contributed by atoms with E-state index in [0.717, 1.165) is 27.8 Å². The molecular weight excluding hydrogens is 366 g/mol. The molecule has 0 aromatic heterocycles. The molecule has 3 aromatic rings. The summed E-state index contributed by atoms with van der Waals surface area (Å²) < 4.78 is 17.5. The van der Waals surface area contributed by atoms with Crippen molar-refractivity contribution in [1.29, 1.82) is 0 Å². The monoisotopic (exact) mass is 391 g/mol. The second-order valence-electron chi connectivity index (χ2n) is 7.47. The Kier molecular flexibility index (Phi) is 5.51. The van der Waals surface area contributed by atoms with Crippen molar-refractivity contribution in [2.24, 2.45) is 5.41 Å². The van der Waals surface area contributed by atoms with Crippen molar-refractivity contribution < 1.29 is 19.0 Å². The Morgan fingerprint density at radius 2 is 1.66 bits per heavy atom. The summed E-state index contributed by atoms with van der Waals surface area (Å²) in [7, 11) is 0. The Morgan fingerprint density at radius 3 is 2.34 bits per heavy atom. The first kappa shape index (κ1) is 19.4. The summed E-state index contributed by atoms with van der Waals surface area (Å²) in [5.41, 5.74) is 0.929. The molecule has 29 heavy (non-hydrogen) atoms. The molecule has 0 unspecified atom stereocenters. The molecule has 1 saturated heterocycles. The van der Waals surface area contributed by atoms with Crippen LogP contribution in [-0.4, -0.2) is 25.7 Å². The molecule has 0 atom stereocenters. The van der Waals surface area contributed by atoms with Crippen molar-refractivity contribution in [3.8, 4) is 5.75 Å². The maximum atomic E-state index is 13.1. The van der Waals surface area contributed by atoms with Gasteiger partial charge in [0.15, 0.2) is 6.29 Å². The van der Waals surface area contributed by atoms with E-state index < -0.39 is 11.7 Å². The Hall–Kier alpha value is -2.89. The van der Waals surface area contributed by atoms with Gasteiger partial charge in [-0.15, -0.1) is 0 Å². The predicted molar refractivity (Wildman–Crippen MR) is 113 cm³/mol. The van der Waals surface area contributed by atoms with Crippen molar-refractivity contribution in [2.45, 2.75) is 20.1 Å². The normalized spacial score (nSPS) is 21.7. The lowest BCUT2D eigenvalue weighted by Gasteiger charge is -2.36. The average Bonchev–Trinajstić information content (AvgIpc) is 2.76. The van der Waals surface area contributed by atoms with Crippen molar-refractivity contribution >= 4 is 22.4 Å². The van der Waals surface area contributed by atoms with Crippen LogP contribution in [0.1, 0.15) is 25.7 Å². The van der Waals surface area contributed by atoms with Crippen LogP contribution in [0.15, 0.2) is 66.7 Å². The Bertz CT molecular complexity index is 994. The van der Waals surface area contributed by atoms with Crippen LogP contribution in [0.3, 0.4) is 0 Å². The fourth-order valence-electron chi connectivity index (χ4n) is 3.48. The molecule has 5 heteroatoms. The molecule has 0 aliphatic carbocycles. The maximum Gasteiger partial charge on any atom is 0.235 e. The highest BCUT2D eigenvalue weighted by Crippen LogP contribution is 2.35. The zero-order chi connectivity index (χ0) is 20.3. The number of nitrogens with one attached hydrogen (secondary N) is 1. The van der Waals surface area contributed by atoms with Gasteiger partial charge in [0, 0.05) is 22.0 Å². The van der Waals surface area contributed by atoms with E-state index in [1.807, 2.05) is 80.6 Å². The molecule has 3 aromatic carbocycles.